The van der Waals surface area contributed by atoms with Crippen molar-refractivity contribution in [3.8, 4) is 0 Å². The van der Waals surface area contributed by atoms with E-state index in [1.54, 1.807) is 12.1 Å². The SMILES string of the molecule is CCNC(=O)c1ccc(N2CCOCC2CN)nn1. The molecule has 2 rings (SSSR count). The molecule has 2 heterocycles. The molecule has 19 heavy (non-hydrogen) atoms. The van der Waals surface area contributed by atoms with Crippen molar-refractivity contribution in [3.63, 3.8) is 0 Å². The van der Waals surface area contributed by atoms with Gasteiger partial charge in [0, 0.05) is 19.6 Å². The van der Waals surface area contributed by atoms with Crippen LogP contribution in [-0.2, 0) is 4.74 Å². The van der Waals surface area contributed by atoms with Gasteiger partial charge in [-0.2, -0.15) is 0 Å². The first kappa shape index (κ1) is 13.7. The maximum atomic E-state index is 11.6. The van der Waals surface area contributed by atoms with Gasteiger partial charge in [-0.1, -0.05) is 0 Å². The molecular weight excluding hydrogens is 246 g/mol. The highest BCUT2D eigenvalue weighted by molar-refractivity contribution is 5.92. The highest BCUT2D eigenvalue weighted by Crippen LogP contribution is 2.15. The van der Waals surface area contributed by atoms with E-state index >= 15 is 0 Å². The summed E-state index contributed by atoms with van der Waals surface area (Å²) in [5, 5.41) is 10.7. The molecule has 1 amide bonds. The molecule has 1 saturated heterocycles. The lowest BCUT2D eigenvalue weighted by Crippen LogP contribution is -2.50. The second-order valence-corrected chi connectivity index (χ2v) is 4.29. The monoisotopic (exact) mass is 265 g/mol. The Morgan fingerprint density at radius 2 is 2.42 bits per heavy atom. The Balaban J connectivity index is 2.10. The quantitative estimate of drug-likeness (QED) is 0.754. The predicted molar refractivity (Wildman–Crippen MR) is 71.0 cm³/mol. The summed E-state index contributed by atoms with van der Waals surface area (Å²) in [4.78, 5) is 13.7. The molecule has 1 aromatic heterocycles. The van der Waals surface area contributed by atoms with Gasteiger partial charge in [0.05, 0.1) is 19.3 Å². The number of carbonyl (C=O) groups excluding carboxylic acids is 1. The lowest BCUT2D eigenvalue weighted by Gasteiger charge is -2.35. The number of nitrogens with zero attached hydrogens (tertiary/aromatic N) is 3. The molecule has 1 fully saturated rings. The standard InChI is InChI=1S/C12H19N5O2/c1-2-14-12(18)10-3-4-11(16-15-10)17-5-6-19-8-9(17)7-13/h3-4,9H,2,5-8,13H2,1H3,(H,14,18). The molecule has 0 bridgehead atoms. The smallest absolute Gasteiger partial charge is 0.271 e. The highest BCUT2D eigenvalue weighted by Gasteiger charge is 2.23. The number of nitrogens with one attached hydrogen (secondary N) is 1. The lowest BCUT2D eigenvalue weighted by molar-refractivity contribution is 0.0943. The number of amides is 1. The number of anilines is 1. The van der Waals surface area contributed by atoms with E-state index in [-0.39, 0.29) is 11.9 Å². The van der Waals surface area contributed by atoms with E-state index in [2.05, 4.69) is 20.4 Å². The van der Waals surface area contributed by atoms with Crippen LogP contribution in [0.1, 0.15) is 17.4 Å². The molecule has 0 saturated carbocycles. The number of hydrogen-bond acceptors (Lipinski definition) is 6. The minimum atomic E-state index is -0.209. The molecule has 0 radical (unpaired) electrons. The third kappa shape index (κ3) is 3.18. The molecule has 0 spiro atoms. The van der Waals surface area contributed by atoms with Gasteiger partial charge in [0.25, 0.3) is 5.91 Å². The van der Waals surface area contributed by atoms with Crippen LogP contribution < -0.4 is 16.0 Å². The van der Waals surface area contributed by atoms with Crippen molar-refractivity contribution < 1.29 is 9.53 Å². The number of aromatic nitrogens is 2. The topological polar surface area (TPSA) is 93.4 Å². The van der Waals surface area contributed by atoms with Gasteiger partial charge in [-0.05, 0) is 19.1 Å². The molecule has 3 N–H and O–H groups in total. The third-order valence-corrected chi connectivity index (χ3v) is 3.01. The summed E-state index contributed by atoms with van der Waals surface area (Å²) in [7, 11) is 0. The number of ether oxygens (including phenoxy) is 1. The minimum absolute atomic E-state index is 0.110. The van der Waals surface area contributed by atoms with E-state index in [4.69, 9.17) is 10.5 Å². The third-order valence-electron chi connectivity index (χ3n) is 3.01. The largest absolute Gasteiger partial charge is 0.377 e. The molecule has 7 nitrogen and oxygen atoms in total. The molecule has 1 atom stereocenters. The number of hydrogen-bond donors (Lipinski definition) is 2. The number of carbonyl (C=O) groups is 1. The summed E-state index contributed by atoms with van der Waals surface area (Å²) < 4.78 is 5.38. The number of rotatable bonds is 4. The molecule has 0 aliphatic carbocycles. The highest BCUT2D eigenvalue weighted by atomic mass is 16.5. The van der Waals surface area contributed by atoms with Crippen molar-refractivity contribution in [2.75, 3.05) is 37.7 Å². The zero-order valence-electron chi connectivity index (χ0n) is 11.0. The van der Waals surface area contributed by atoms with E-state index in [0.717, 1.165) is 12.4 Å². The molecule has 1 aliphatic heterocycles. The van der Waals surface area contributed by atoms with Gasteiger partial charge in [0.15, 0.2) is 11.5 Å². The zero-order valence-corrected chi connectivity index (χ0v) is 11.0. The average Bonchev–Trinajstić information content (AvgIpc) is 2.47. The summed E-state index contributed by atoms with van der Waals surface area (Å²) in [6.45, 7) is 4.91. The first-order chi connectivity index (χ1) is 9.26. The van der Waals surface area contributed by atoms with Gasteiger partial charge in [0.2, 0.25) is 0 Å². The van der Waals surface area contributed by atoms with E-state index in [0.29, 0.717) is 32.0 Å². The summed E-state index contributed by atoms with van der Waals surface area (Å²) in [5.41, 5.74) is 6.04. The molecule has 1 unspecified atom stereocenters. The van der Waals surface area contributed by atoms with Crippen molar-refractivity contribution in [2.24, 2.45) is 5.73 Å². The van der Waals surface area contributed by atoms with Gasteiger partial charge in [-0.15, -0.1) is 10.2 Å². The maximum absolute atomic E-state index is 11.6. The zero-order chi connectivity index (χ0) is 13.7. The number of nitrogens with two attached hydrogens (primary N) is 1. The van der Waals surface area contributed by atoms with Crippen molar-refractivity contribution in [1.29, 1.82) is 0 Å². The van der Waals surface area contributed by atoms with Crippen LogP contribution >= 0.6 is 0 Å². The molecular formula is C12H19N5O2. The van der Waals surface area contributed by atoms with Crippen molar-refractivity contribution in [3.05, 3.63) is 17.8 Å². The van der Waals surface area contributed by atoms with E-state index in [9.17, 15) is 4.79 Å². The van der Waals surface area contributed by atoms with Crippen molar-refractivity contribution in [1.82, 2.24) is 15.5 Å². The van der Waals surface area contributed by atoms with E-state index in [1.807, 2.05) is 6.92 Å². The van der Waals surface area contributed by atoms with Gasteiger partial charge >= 0.3 is 0 Å². The summed E-state index contributed by atoms with van der Waals surface area (Å²) in [6.07, 6.45) is 0. The molecule has 1 aromatic rings. The molecule has 104 valence electrons. The van der Waals surface area contributed by atoms with Crippen LogP contribution in [0.2, 0.25) is 0 Å². The fraction of sp³-hybridized carbons (Fsp3) is 0.583. The van der Waals surface area contributed by atoms with Crippen LogP contribution in [-0.4, -0.2) is 55.0 Å². The van der Waals surface area contributed by atoms with Crippen molar-refractivity contribution in [2.45, 2.75) is 13.0 Å². The Morgan fingerprint density at radius 3 is 3.05 bits per heavy atom. The molecule has 0 aromatic carbocycles. The van der Waals surface area contributed by atoms with Crippen LogP contribution in [0.5, 0.6) is 0 Å². The lowest BCUT2D eigenvalue weighted by atomic mass is 10.2. The van der Waals surface area contributed by atoms with Crippen LogP contribution in [0.4, 0.5) is 5.82 Å². The first-order valence-corrected chi connectivity index (χ1v) is 6.42. The Morgan fingerprint density at radius 1 is 1.58 bits per heavy atom. The van der Waals surface area contributed by atoms with Crippen LogP contribution in [0.3, 0.4) is 0 Å². The first-order valence-electron chi connectivity index (χ1n) is 6.42. The summed E-state index contributed by atoms with van der Waals surface area (Å²) in [6, 6.07) is 3.58. The van der Waals surface area contributed by atoms with Crippen molar-refractivity contribution >= 4 is 11.7 Å². The summed E-state index contributed by atoms with van der Waals surface area (Å²) in [5.74, 6) is 0.519. The normalized spacial score (nSPS) is 19.3. The van der Waals surface area contributed by atoms with Crippen LogP contribution in [0.25, 0.3) is 0 Å². The molecule has 7 heteroatoms. The Hall–Kier alpha value is -1.73. The Bertz CT molecular complexity index is 423. The van der Waals surface area contributed by atoms with Crippen LogP contribution in [0.15, 0.2) is 12.1 Å². The second kappa shape index (κ2) is 6.44. The maximum Gasteiger partial charge on any atom is 0.271 e. The Kier molecular flexibility index (Phi) is 4.64. The van der Waals surface area contributed by atoms with E-state index < -0.39 is 0 Å². The van der Waals surface area contributed by atoms with Gasteiger partial charge in [0.1, 0.15) is 0 Å². The fourth-order valence-corrected chi connectivity index (χ4v) is 2.00. The van der Waals surface area contributed by atoms with Gasteiger partial charge < -0.3 is 20.7 Å². The molecule has 1 aliphatic rings. The second-order valence-electron chi connectivity index (χ2n) is 4.29. The summed E-state index contributed by atoms with van der Waals surface area (Å²) >= 11 is 0. The van der Waals surface area contributed by atoms with E-state index in [1.165, 1.54) is 0 Å². The Labute approximate surface area is 112 Å². The van der Waals surface area contributed by atoms with Gasteiger partial charge in [-0.3, -0.25) is 4.79 Å². The number of morpholine rings is 1. The average molecular weight is 265 g/mol. The van der Waals surface area contributed by atoms with Crippen LogP contribution in [0, 0.1) is 0 Å². The van der Waals surface area contributed by atoms with Gasteiger partial charge in [-0.25, -0.2) is 0 Å². The fourth-order valence-electron chi connectivity index (χ4n) is 2.00. The minimum Gasteiger partial charge on any atom is -0.377 e. The predicted octanol–water partition coefficient (Wildman–Crippen LogP) is -0.610.